The van der Waals surface area contributed by atoms with E-state index in [0.29, 0.717) is 24.0 Å². The predicted molar refractivity (Wildman–Crippen MR) is 85.4 cm³/mol. The van der Waals surface area contributed by atoms with Gasteiger partial charge in [0.25, 0.3) is 0 Å². The molecule has 23 heavy (non-hydrogen) atoms. The van der Waals surface area contributed by atoms with Gasteiger partial charge in [0.05, 0.1) is 0 Å². The molecule has 1 aromatic heterocycles. The fourth-order valence-corrected chi connectivity index (χ4v) is 1.97. The summed E-state index contributed by atoms with van der Waals surface area (Å²) in [6.07, 6.45) is 1.62. The smallest absolute Gasteiger partial charge is 0.229 e. The largest absolute Gasteiger partial charge is 0.366 e. The van der Waals surface area contributed by atoms with Gasteiger partial charge in [-0.2, -0.15) is 4.98 Å². The zero-order valence-corrected chi connectivity index (χ0v) is 12.1. The molecule has 1 heterocycles. The molecule has 3 aromatic rings. The third-order valence-electron chi connectivity index (χ3n) is 3.14. The van der Waals surface area contributed by atoms with Crippen LogP contribution in [0.5, 0.6) is 0 Å². The van der Waals surface area contributed by atoms with Crippen molar-refractivity contribution >= 4 is 17.5 Å². The van der Waals surface area contributed by atoms with Crippen molar-refractivity contribution in [1.29, 1.82) is 0 Å². The van der Waals surface area contributed by atoms with Gasteiger partial charge in [-0.25, -0.2) is 13.8 Å². The molecule has 3 rings (SSSR count). The molecule has 0 saturated carbocycles. The molecular formula is C17H14F2N4. The second kappa shape index (κ2) is 6.83. The fourth-order valence-electron chi connectivity index (χ4n) is 1.97. The van der Waals surface area contributed by atoms with Crippen molar-refractivity contribution in [2.45, 2.75) is 6.54 Å². The number of anilines is 3. The lowest BCUT2D eigenvalue weighted by molar-refractivity contribution is 0.627. The molecule has 0 amide bonds. The van der Waals surface area contributed by atoms with Gasteiger partial charge in [0.1, 0.15) is 17.5 Å². The minimum atomic E-state index is -0.300. The molecule has 0 aliphatic heterocycles. The van der Waals surface area contributed by atoms with E-state index in [9.17, 15) is 8.78 Å². The van der Waals surface area contributed by atoms with Crippen LogP contribution >= 0.6 is 0 Å². The van der Waals surface area contributed by atoms with Gasteiger partial charge in [-0.05, 0) is 48.0 Å². The molecule has 0 spiro atoms. The molecular weight excluding hydrogens is 298 g/mol. The van der Waals surface area contributed by atoms with Crippen LogP contribution < -0.4 is 10.6 Å². The Bertz CT molecular complexity index is 773. The first kappa shape index (κ1) is 14.9. The number of benzene rings is 2. The molecule has 2 aromatic carbocycles. The van der Waals surface area contributed by atoms with Crippen LogP contribution in [-0.2, 0) is 6.54 Å². The number of halogens is 2. The summed E-state index contributed by atoms with van der Waals surface area (Å²) in [6, 6.07) is 13.9. The van der Waals surface area contributed by atoms with Gasteiger partial charge < -0.3 is 10.6 Å². The first-order valence-electron chi connectivity index (χ1n) is 7.03. The van der Waals surface area contributed by atoms with Gasteiger partial charge in [0, 0.05) is 18.4 Å². The second-order valence-corrected chi connectivity index (χ2v) is 4.88. The summed E-state index contributed by atoms with van der Waals surface area (Å²) >= 11 is 0. The molecule has 0 unspecified atom stereocenters. The lowest BCUT2D eigenvalue weighted by atomic mass is 10.2. The van der Waals surface area contributed by atoms with E-state index in [2.05, 4.69) is 20.6 Å². The van der Waals surface area contributed by atoms with Crippen molar-refractivity contribution in [1.82, 2.24) is 9.97 Å². The Morgan fingerprint density at radius 3 is 2.17 bits per heavy atom. The van der Waals surface area contributed by atoms with Crippen LogP contribution in [0.4, 0.5) is 26.2 Å². The molecule has 0 bridgehead atoms. The summed E-state index contributed by atoms with van der Waals surface area (Å²) in [5.74, 6) is 0.474. The molecule has 0 saturated heterocycles. The highest BCUT2D eigenvalue weighted by Gasteiger charge is 2.01. The lowest BCUT2D eigenvalue weighted by Gasteiger charge is -2.08. The Morgan fingerprint density at radius 1 is 0.826 bits per heavy atom. The Hall–Kier alpha value is -3.02. The molecule has 0 fully saturated rings. The minimum Gasteiger partial charge on any atom is -0.366 e. The molecule has 0 radical (unpaired) electrons. The number of aromatic nitrogens is 2. The molecule has 0 atom stereocenters. The minimum absolute atomic E-state index is 0.262. The number of nitrogens with one attached hydrogen (secondary N) is 2. The van der Waals surface area contributed by atoms with E-state index in [1.165, 1.54) is 24.3 Å². The van der Waals surface area contributed by atoms with Crippen molar-refractivity contribution in [3.8, 4) is 0 Å². The first-order valence-corrected chi connectivity index (χ1v) is 7.03. The Kier molecular flexibility index (Phi) is 4.42. The van der Waals surface area contributed by atoms with Gasteiger partial charge in [-0.3, -0.25) is 0 Å². The summed E-state index contributed by atoms with van der Waals surface area (Å²) in [5, 5.41) is 6.14. The average molecular weight is 312 g/mol. The van der Waals surface area contributed by atoms with Gasteiger partial charge in [-0.15, -0.1) is 0 Å². The highest BCUT2D eigenvalue weighted by atomic mass is 19.1. The number of rotatable bonds is 5. The summed E-state index contributed by atoms with van der Waals surface area (Å²) in [7, 11) is 0. The van der Waals surface area contributed by atoms with Gasteiger partial charge in [0.2, 0.25) is 5.95 Å². The van der Waals surface area contributed by atoms with Crippen molar-refractivity contribution in [2.24, 2.45) is 0 Å². The monoisotopic (exact) mass is 312 g/mol. The predicted octanol–water partition coefficient (Wildman–Crippen LogP) is 4.11. The van der Waals surface area contributed by atoms with Crippen LogP contribution in [0.15, 0.2) is 60.8 Å². The third kappa shape index (κ3) is 4.23. The molecule has 6 heteroatoms. The van der Waals surface area contributed by atoms with E-state index >= 15 is 0 Å². The normalized spacial score (nSPS) is 10.3. The standard InChI is InChI=1S/C17H14F2N4/c18-13-3-1-12(2-4-13)11-21-16-9-10-20-17(23-16)22-15-7-5-14(19)6-8-15/h1-10H,11H2,(H2,20,21,22,23). The van der Waals surface area contributed by atoms with Gasteiger partial charge in [-0.1, -0.05) is 12.1 Å². The van der Waals surface area contributed by atoms with Gasteiger partial charge in [0.15, 0.2) is 0 Å². The quantitative estimate of drug-likeness (QED) is 0.744. The second-order valence-electron chi connectivity index (χ2n) is 4.88. The SMILES string of the molecule is Fc1ccc(CNc2ccnc(Nc3ccc(F)cc3)n2)cc1. The van der Waals surface area contributed by atoms with Crippen molar-refractivity contribution in [3.63, 3.8) is 0 Å². The lowest BCUT2D eigenvalue weighted by Crippen LogP contribution is -2.04. The maximum absolute atomic E-state index is 12.9. The molecule has 0 aliphatic rings. The summed E-state index contributed by atoms with van der Waals surface area (Å²) < 4.78 is 25.7. The number of nitrogens with zero attached hydrogens (tertiary/aromatic N) is 2. The maximum Gasteiger partial charge on any atom is 0.229 e. The third-order valence-corrected chi connectivity index (χ3v) is 3.14. The Morgan fingerprint density at radius 2 is 1.48 bits per heavy atom. The topological polar surface area (TPSA) is 49.8 Å². The summed E-state index contributed by atoms with van der Waals surface area (Å²) in [4.78, 5) is 8.44. The molecule has 4 nitrogen and oxygen atoms in total. The Labute approximate surface area is 132 Å². The average Bonchev–Trinajstić information content (AvgIpc) is 2.57. The van der Waals surface area contributed by atoms with E-state index in [1.54, 1.807) is 36.5 Å². The van der Waals surface area contributed by atoms with Crippen LogP contribution in [0.2, 0.25) is 0 Å². The van der Waals surface area contributed by atoms with Crippen molar-refractivity contribution in [2.75, 3.05) is 10.6 Å². The molecule has 0 aliphatic carbocycles. The molecule has 2 N–H and O–H groups in total. The Balaban J connectivity index is 1.65. The van der Waals surface area contributed by atoms with E-state index in [-0.39, 0.29) is 11.6 Å². The van der Waals surface area contributed by atoms with E-state index in [1.807, 2.05) is 0 Å². The van der Waals surface area contributed by atoms with Gasteiger partial charge >= 0.3 is 0 Å². The summed E-state index contributed by atoms with van der Waals surface area (Å²) in [5.41, 5.74) is 1.64. The van der Waals surface area contributed by atoms with Crippen LogP contribution in [-0.4, -0.2) is 9.97 Å². The fraction of sp³-hybridized carbons (Fsp3) is 0.0588. The van der Waals surface area contributed by atoms with Crippen LogP contribution in [0.3, 0.4) is 0 Å². The van der Waals surface area contributed by atoms with Crippen LogP contribution in [0.1, 0.15) is 5.56 Å². The molecule has 116 valence electrons. The van der Waals surface area contributed by atoms with Crippen LogP contribution in [0, 0.1) is 11.6 Å². The number of hydrogen-bond donors (Lipinski definition) is 2. The zero-order chi connectivity index (χ0) is 16.1. The van der Waals surface area contributed by atoms with Crippen molar-refractivity contribution in [3.05, 3.63) is 78.0 Å². The highest BCUT2D eigenvalue weighted by molar-refractivity contribution is 5.54. The summed E-state index contributed by atoms with van der Waals surface area (Å²) in [6.45, 7) is 0.521. The maximum atomic E-state index is 12.9. The van der Waals surface area contributed by atoms with Crippen LogP contribution in [0.25, 0.3) is 0 Å². The highest BCUT2D eigenvalue weighted by Crippen LogP contribution is 2.15. The number of hydrogen-bond acceptors (Lipinski definition) is 4. The van der Waals surface area contributed by atoms with E-state index in [4.69, 9.17) is 0 Å². The first-order chi connectivity index (χ1) is 11.2. The van der Waals surface area contributed by atoms with Crippen molar-refractivity contribution < 1.29 is 8.78 Å². The van der Waals surface area contributed by atoms with E-state index < -0.39 is 0 Å². The van der Waals surface area contributed by atoms with E-state index in [0.717, 1.165) is 5.56 Å². The zero-order valence-electron chi connectivity index (χ0n) is 12.1.